The van der Waals surface area contributed by atoms with Gasteiger partial charge in [-0.05, 0) is 18.2 Å². The Kier molecular flexibility index (Phi) is 3.52. The minimum absolute atomic E-state index is 0.193. The van der Waals surface area contributed by atoms with Gasteiger partial charge in [0.05, 0.1) is 23.1 Å². The Balaban J connectivity index is 2.44. The highest BCUT2D eigenvalue weighted by Gasteiger charge is 2.19. The Labute approximate surface area is 114 Å². The van der Waals surface area contributed by atoms with Gasteiger partial charge >= 0.3 is 0 Å². The van der Waals surface area contributed by atoms with E-state index in [0.717, 1.165) is 37.0 Å². The van der Waals surface area contributed by atoms with Gasteiger partial charge in [-0.3, -0.25) is 4.72 Å². The van der Waals surface area contributed by atoms with E-state index in [0.29, 0.717) is 0 Å². The third kappa shape index (κ3) is 2.96. The van der Waals surface area contributed by atoms with Crippen molar-refractivity contribution in [2.24, 2.45) is 0 Å². The highest BCUT2D eigenvalue weighted by atomic mass is 32.2. The summed E-state index contributed by atoms with van der Waals surface area (Å²) in [5, 5.41) is -0.262. The van der Waals surface area contributed by atoms with E-state index in [-0.39, 0.29) is 9.92 Å². The predicted octanol–water partition coefficient (Wildman–Crippen LogP) is 0.753. The number of hydrogen-bond donors (Lipinski definition) is 2. The van der Waals surface area contributed by atoms with Crippen molar-refractivity contribution in [1.29, 1.82) is 0 Å². The van der Waals surface area contributed by atoms with Crippen LogP contribution in [-0.2, 0) is 19.9 Å². The molecule has 2 rings (SSSR count). The van der Waals surface area contributed by atoms with E-state index in [1.807, 2.05) is 4.72 Å². The first-order valence-electron chi connectivity index (χ1n) is 5.21. The maximum Gasteiger partial charge on any atom is 0.279 e. The number of benzene rings is 1. The maximum atomic E-state index is 13.6. The lowest BCUT2D eigenvalue weighted by atomic mass is 10.3. The molecule has 20 heavy (non-hydrogen) atoms. The zero-order valence-electron chi connectivity index (χ0n) is 10.2. The molecule has 2 N–H and O–H groups in total. The number of imidazole rings is 1. The number of sulfonamides is 1. The van der Waals surface area contributed by atoms with Crippen LogP contribution >= 0.6 is 0 Å². The normalized spacial score (nSPS) is 12.3. The average molecular weight is 319 g/mol. The lowest BCUT2D eigenvalue weighted by Crippen LogP contribution is -2.15. The standard InChI is InChI=1S/C10H10FN3O4S2/c1-19(15,16)7-2-3-8(11)9(4-7)14-20(17,18)10-5-12-6-13-10/h2-6,14H,1H3,(H,12,13). The van der Waals surface area contributed by atoms with Crippen LogP contribution in [0.5, 0.6) is 0 Å². The van der Waals surface area contributed by atoms with Gasteiger partial charge in [0.25, 0.3) is 10.0 Å². The molecule has 108 valence electrons. The van der Waals surface area contributed by atoms with Crippen LogP contribution in [0.25, 0.3) is 0 Å². The molecule has 1 heterocycles. The molecule has 0 spiro atoms. The first-order chi connectivity index (χ1) is 9.20. The number of nitrogens with one attached hydrogen (secondary N) is 2. The van der Waals surface area contributed by atoms with E-state index in [4.69, 9.17) is 0 Å². The summed E-state index contributed by atoms with van der Waals surface area (Å²) in [5.41, 5.74) is -0.456. The number of rotatable bonds is 4. The van der Waals surface area contributed by atoms with Crippen molar-refractivity contribution < 1.29 is 21.2 Å². The van der Waals surface area contributed by atoms with Gasteiger partial charge < -0.3 is 4.98 Å². The minimum atomic E-state index is -4.06. The van der Waals surface area contributed by atoms with Crippen LogP contribution in [0.2, 0.25) is 0 Å². The summed E-state index contributed by atoms with van der Waals surface area (Å²) >= 11 is 0. The fourth-order valence-electron chi connectivity index (χ4n) is 1.40. The van der Waals surface area contributed by atoms with E-state index in [1.165, 1.54) is 0 Å². The highest BCUT2D eigenvalue weighted by molar-refractivity contribution is 7.92. The third-order valence-electron chi connectivity index (χ3n) is 2.37. The molecular formula is C10H10FN3O4S2. The Hall–Kier alpha value is -1.94. The Morgan fingerprint density at radius 2 is 1.95 bits per heavy atom. The number of aromatic nitrogens is 2. The van der Waals surface area contributed by atoms with Gasteiger partial charge in [0.15, 0.2) is 14.9 Å². The summed E-state index contributed by atoms with van der Waals surface area (Å²) in [7, 11) is -7.63. The molecule has 0 atom stereocenters. The molecule has 0 fully saturated rings. The van der Waals surface area contributed by atoms with Crippen LogP contribution in [0.4, 0.5) is 10.1 Å². The number of sulfone groups is 1. The summed E-state index contributed by atoms with van der Waals surface area (Å²) in [4.78, 5) is 5.71. The van der Waals surface area contributed by atoms with Crippen LogP contribution < -0.4 is 4.72 Å². The summed E-state index contributed by atoms with van der Waals surface area (Å²) in [5.74, 6) is -0.888. The second-order valence-electron chi connectivity index (χ2n) is 3.94. The molecule has 0 radical (unpaired) electrons. The van der Waals surface area contributed by atoms with Crippen molar-refractivity contribution in [3.8, 4) is 0 Å². The first-order valence-corrected chi connectivity index (χ1v) is 8.58. The number of H-pyrrole nitrogens is 1. The average Bonchev–Trinajstić information content (AvgIpc) is 2.84. The predicted molar refractivity (Wildman–Crippen MR) is 68.9 cm³/mol. The first kappa shape index (κ1) is 14.5. The molecule has 0 bridgehead atoms. The topological polar surface area (TPSA) is 109 Å². The molecule has 10 heteroatoms. The van der Waals surface area contributed by atoms with Gasteiger partial charge in [-0.2, -0.15) is 8.42 Å². The van der Waals surface area contributed by atoms with Gasteiger partial charge in [-0.1, -0.05) is 0 Å². The molecule has 0 aliphatic heterocycles. The van der Waals surface area contributed by atoms with E-state index in [1.54, 1.807) is 0 Å². The largest absolute Gasteiger partial charge is 0.334 e. The van der Waals surface area contributed by atoms with Crippen molar-refractivity contribution in [2.75, 3.05) is 11.0 Å². The molecule has 0 unspecified atom stereocenters. The lowest BCUT2D eigenvalue weighted by Gasteiger charge is -2.08. The summed E-state index contributed by atoms with van der Waals surface area (Å²) in [6.07, 6.45) is 3.13. The number of nitrogens with zero attached hydrogens (tertiary/aromatic N) is 1. The molecule has 2 aromatic rings. The lowest BCUT2D eigenvalue weighted by molar-refractivity contribution is 0.593. The van der Waals surface area contributed by atoms with Gasteiger partial charge in [-0.15, -0.1) is 0 Å². The van der Waals surface area contributed by atoms with Crippen LogP contribution in [0.1, 0.15) is 0 Å². The fourth-order valence-corrected chi connectivity index (χ4v) is 3.01. The van der Waals surface area contributed by atoms with Crippen LogP contribution in [0.15, 0.2) is 40.6 Å². The van der Waals surface area contributed by atoms with Crippen molar-refractivity contribution in [3.05, 3.63) is 36.5 Å². The fraction of sp³-hybridized carbons (Fsp3) is 0.100. The zero-order valence-corrected chi connectivity index (χ0v) is 11.8. The summed E-state index contributed by atoms with van der Waals surface area (Å²) < 4.78 is 62.0. The van der Waals surface area contributed by atoms with Crippen molar-refractivity contribution >= 4 is 25.5 Å². The Bertz CT molecular complexity index is 829. The smallest absolute Gasteiger partial charge is 0.279 e. The highest BCUT2D eigenvalue weighted by Crippen LogP contribution is 2.22. The molecular weight excluding hydrogens is 309 g/mol. The summed E-state index contributed by atoms with van der Waals surface area (Å²) in [6, 6.07) is 2.85. The Morgan fingerprint density at radius 1 is 1.25 bits per heavy atom. The number of anilines is 1. The van der Waals surface area contributed by atoms with E-state index >= 15 is 0 Å². The van der Waals surface area contributed by atoms with E-state index in [9.17, 15) is 21.2 Å². The molecule has 1 aromatic carbocycles. The van der Waals surface area contributed by atoms with Gasteiger partial charge in [0.2, 0.25) is 0 Å². The van der Waals surface area contributed by atoms with Crippen molar-refractivity contribution in [1.82, 2.24) is 9.97 Å². The quantitative estimate of drug-likeness (QED) is 0.808. The number of aromatic amines is 1. The van der Waals surface area contributed by atoms with Gasteiger partial charge in [-0.25, -0.2) is 17.8 Å². The maximum absolute atomic E-state index is 13.6. The minimum Gasteiger partial charge on any atom is -0.334 e. The monoisotopic (exact) mass is 319 g/mol. The molecule has 0 aliphatic carbocycles. The molecule has 0 saturated carbocycles. The van der Waals surface area contributed by atoms with Crippen molar-refractivity contribution in [2.45, 2.75) is 9.92 Å². The Morgan fingerprint density at radius 3 is 2.50 bits per heavy atom. The van der Waals surface area contributed by atoms with Crippen LogP contribution in [-0.4, -0.2) is 33.1 Å². The van der Waals surface area contributed by atoms with E-state index in [2.05, 4.69) is 9.97 Å². The number of hydrogen-bond acceptors (Lipinski definition) is 5. The third-order valence-corrected chi connectivity index (χ3v) is 4.77. The molecule has 1 aromatic heterocycles. The van der Waals surface area contributed by atoms with Gasteiger partial charge in [0, 0.05) is 6.26 Å². The van der Waals surface area contributed by atoms with E-state index < -0.39 is 31.4 Å². The summed E-state index contributed by atoms with van der Waals surface area (Å²) in [6.45, 7) is 0. The van der Waals surface area contributed by atoms with Crippen molar-refractivity contribution in [3.63, 3.8) is 0 Å². The van der Waals surface area contributed by atoms with Gasteiger partial charge in [0.1, 0.15) is 5.82 Å². The molecule has 0 aliphatic rings. The van der Waals surface area contributed by atoms with Crippen LogP contribution in [0.3, 0.4) is 0 Å². The molecule has 0 amide bonds. The molecule has 0 saturated heterocycles. The molecule has 7 nitrogen and oxygen atoms in total. The SMILES string of the molecule is CS(=O)(=O)c1ccc(F)c(NS(=O)(=O)c2cnc[nH]2)c1. The number of halogens is 1. The second kappa shape index (κ2) is 4.87. The second-order valence-corrected chi connectivity index (χ2v) is 7.60. The zero-order chi connectivity index (χ0) is 15.0. The van der Waals surface area contributed by atoms with Crippen LogP contribution in [0, 0.1) is 5.82 Å².